The van der Waals surface area contributed by atoms with Crippen LogP contribution in [0.4, 0.5) is 0 Å². The number of rotatable bonds is 3. The van der Waals surface area contributed by atoms with Gasteiger partial charge in [0.1, 0.15) is 10.7 Å². The molecule has 1 aromatic heterocycles. The number of pyridine rings is 1. The molecule has 21 heavy (non-hydrogen) atoms. The Balaban J connectivity index is 2.33. The third-order valence-corrected chi connectivity index (χ3v) is 3.89. The van der Waals surface area contributed by atoms with Crippen molar-refractivity contribution in [2.75, 3.05) is 13.1 Å². The lowest BCUT2D eigenvalue weighted by atomic mass is 9.97. The van der Waals surface area contributed by atoms with Crippen molar-refractivity contribution < 1.29 is 9.59 Å². The minimum Gasteiger partial charge on any atom is -0.352 e. The van der Waals surface area contributed by atoms with E-state index < -0.39 is 5.54 Å². The van der Waals surface area contributed by atoms with Crippen LogP contribution in [0.1, 0.15) is 43.2 Å². The van der Waals surface area contributed by atoms with E-state index in [4.69, 9.17) is 11.6 Å². The summed E-state index contributed by atoms with van der Waals surface area (Å²) in [5.74, 6) is -0.326. The van der Waals surface area contributed by atoms with E-state index in [-0.39, 0.29) is 11.8 Å². The second-order valence-corrected chi connectivity index (χ2v) is 6.08. The number of hydrogen-bond donors (Lipinski definition) is 1. The molecule has 2 amide bonds. The number of nitrogens with zero attached hydrogens (tertiary/aromatic N) is 2. The molecule has 1 aromatic rings. The van der Waals surface area contributed by atoms with E-state index >= 15 is 0 Å². The van der Waals surface area contributed by atoms with Gasteiger partial charge in [-0.1, -0.05) is 24.9 Å². The van der Waals surface area contributed by atoms with Crippen molar-refractivity contribution in [1.82, 2.24) is 15.2 Å². The SMILES string of the molecule is CCCc1cc(C(=O)N2CCNC(=O)C2(C)C)cc(Cl)n1. The molecule has 6 heteroatoms. The minimum atomic E-state index is -0.865. The quantitative estimate of drug-likeness (QED) is 0.869. The Labute approximate surface area is 129 Å². The fourth-order valence-corrected chi connectivity index (χ4v) is 2.70. The minimum absolute atomic E-state index is 0.143. The second kappa shape index (κ2) is 6.02. The van der Waals surface area contributed by atoms with Crippen LogP contribution in [0.2, 0.25) is 5.15 Å². The molecule has 0 spiro atoms. The summed E-state index contributed by atoms with van der Waals surface area (Å²) in [6.45, 7) is 6.49. The van der Waals surface area contributed by atoms with Gasteiger partial charge >= 0.3 is 0 Å². The van der Waals surface area contributed by atoms with Gasteiger partial charge in [0.25, 0.3) is 5.91 Å². The Morgan fingerprint density at radius 1 is 1.48 bits per heavy atom. The number of carbonyl (C=O) groups is 2. The summed E-state index contributed by atoms with van der Waals surface area (Å²) in [5, 5.41) is 3.09. The lowest BCUT2D eigenvalue weighted by Gasteiger charge is -2.41. The number of aromatic nitrogens is 1. The summed E-state index contributed by atoms with van der Waals surface area (Å²) in [6.07, 6.45) is 1.70. The molecule has 0 bridgehead atoms. The van der Waals surface area contributed by atoms with Gasteiger partial charge in [0.2, 0.25) is 5.91 Å². The first-order valence-electron chi connectivity index (χ1n) is 7.13. The van der Waals surface area contributed by atoms with Gasteiger partial charge in [-0.15, -0.1) is 0 Å². The Bertz CT molecular complexity index is 572. The van der Waals surface area contributed by atoms with Crippen LogP contribution in [0.25, 0.3) is 0 Å². The molecule has 1 aliphatic rings. The molecular formula is C15H20ClN3O2. The van der Waals surface area contributed by atoms with Crippen molar-refractivity contribution in [1.29, 1.82) is 0 Å². The molecule has 0 radical (unpaired) electrons. The predicted molar refractivity (Wildman–Crippen MR) is 81.4 cm³/mol. The van der Waals surface area contributed by atoms with Crippen molar-refractivity contribution >= 4 is 23.4 Å². The highest BCUT2D eigenvalue weighted by Crippen LogP contribution is 2.22. The van der Waals surface area contributed by atoms with E-state index in [1.807, 2.05) is 6.92 Å². The van der Waals surface area contributed by atoms with Crippen LogP contribution in [0.15, 0.2) is 12.1 Å². The predicted octanol–water partition coefficient (Wildman–Crippen LogP) is 2.04. The highest BCUT2D eigenvalue weighted by Gasteiger charge is 2.40. The first-order valence-corrected chi connectivity index (χ1v) is 7.50. The molecule has 0 atom stereocenters. The third-order valence-electron chi connectivity index (χ3n) is 3.70. The molecule has 1 aliphatic heterocycles. The zero-order chi connectivity index (χ0) is 15.6. The van der Waals surface area contributed by atoms with Crippen molar-refractivity contribution in [3.63, 3.8) is 0 Å². The molecule has 0 saturated carbocycles. The maximum Gasteiger partial charge on any atom is 0.254 e. The number of carbonyl (C=O) groups excluding carboxylic acids is 2. The zero-order valence-electron chi connectivity index (χ0n) is 12.6. The van der Waals surface area contributed by atoms with Gasteiger partial charge in [-0.05, 0) is 32.4 Å². The zero-order valence-corrected chi connectivity index (χ0v) is 13.3. The molecule has 114 valence electrons. The standard InChI is InChI=1S/C15H20ClN3O2/c1-4-5-11-8-10(9-12(16)18-11)13(20)19-7-6-17-14(21)15(19,2)3/h8-9H,4-7H2,1-3H3,(H,17,21). The Morgan fingerprint density at radius 3 is 2.86 bits per heavy atom. The summed E-state index contributed by atoms with van der Waals surface area (Å²) in [7, 11) is 0. The number of nitrogens with one attached hydrogen (secondary N) is 1. The van der Waals surface area contributed by atoms with Gasteiger partial charge in [-0.25, -0.2) is 4.98 Å². The molecule has 2 heterocycles. The van der Waals surface area contributed by atoms with E-state index in [9.17, 15) is 9.59 Å². The molecule has 0 aromatic carbocycles. The van der Waals surface area contributed by atoms with Crippen LogP contribution >= 0.6 is 11.6 Å². The maximum absolute atomic E-state index is 12.7. The summed E-state index contributed by atoms with van der Waals surface area (Å²) in [6, 6.07) is 3.33. The number of aryl methyl sites for hydroxylation is 1. The largest absolute Gasteiger partial charge is 0.352 e. The van der Waals surface area contributed by atoms with E-state index in [0.717, 1.165) is 18.5 Å². The summed E-state index contributed by atoms with van der Waals surface area (Å²) in [5.41, 5.74) is 0.421. The van der Waals surface area contributed by atoms with Crippen LogP contribution in [-0.2, 0) is 11.2 Å². The van der Waals surface area contributed by atoms with E-state index in [1.54, 1.807) is 30.9 Å². The van der Waals surface area contributed by atoms with Crippen LogP contribution in [0.3, 0.4) is 0 Å². The topological polar surface area (TPSA) is 62.3 Å². The highest BCUT2D eigenvalue weighted by molar-refractivity contribution is 6.29. The van der Waals surface area contributed by atoms with Crippen LogP contribution in [-0.4, -0.2) is 40.3 Å². The smallest absolute Gasteiger partial charge is 0.254 e. The van der Waals surface area contributed by atoms with E-state index in [0.29, 0.717) is 23.8 Å². The van der Waals surface area contributed by atoms with Crippen LogP contribution in [0.5, 0.6) is 0 Å². The molecule has 1 saturated heterocycles. The van der Waals surface area contributed by atoms with Gasteiger partial charge in [0.15, 0.2) is 0 Å². The fourth-order valence-electron chi connectivity index (χ4n) is 2.47. The molecule has 0 unspecified atom stereocenters. The fraction of sp³-hybridized carbons (Fsp3) is 0.533. The second-order valence-electron chi connectivity index (χ2n) is 5.69. The summed E-state index contributed by atoms with van der Waals surface area (Å²) >= 11 is 6.01. The van der Waals surface area contributed by atoms with E-state index in [1.165, 1.54) is 0 Å². The van der Waals surface area contributed by atoms with Crippen LogP contribution in [0, 0.1) is 0 Å². The first-order chi connectivity index (χ1) is 9.86. The Kier molecular flexibility index (Phi) is 4.52. The normalized spacial score (nSPS) is 17.5. The van der Waals surface area contributed by atoms with Gasteiger partial charge in [-0.2, -0.15) is 0 Å². The van der Waals surface area contributed by atoms with Gasteiger partial charge in [0, 0.05) is 24.3 Å². The lowest BCUT2D eigenvalue weighted by molar-refractivity contribution is -0.133. The molecule has 2 rings (SSSR count). The van der Waals surface area contributed by atoms with Gasteiger partial charge in [0.05, 0.1) is 0 Å². The van der Waals surface area contributed by atoms with E-state index in [2.05, 4.69) is 10.3 Å². The molecule has 0 aliphatic carbocycles. The van der Waals surface area contributed by atoms with Crippen molar-refractivity contribution in [3.8, 4) is 0 Å². The molecule has 1 N–H and O–H groups in total. The Morgan fingerprint density at radius 2 is 2.19 bits per heavy atom. The number of hydrogen-bond acceptors (Lipinski definition) is 3. The summed E-state index contributed by atoms with van der Waals surface area (Å²) in [4.78, 5) is 30.5. The average Bonchev–Trinajstić information content (AvgIpc) is 2.41. The summed E-state index contributed by atoms with van der Waals surface area (Å²) < 4.78 is 0. The number of halogens is 1. The van der Waals surface area contributed by atoms with Gasteiger partial charge < -0.3 is 10.2 Å². The molecule has 1 fully saturated rings. The third kappa shape index (κ3) is 3.18. The van der Waals surface area contributed by atoms with Crippen molar-refractivity contribution in [2.24, 2.45) is 0 Å². The monoisotopic (exact) mass is 309 g/mol. The first kappa shape index (κ1) is 15.8. The average molecular weight is 310 g/mol. The number of piperazine rings is 1. The lowest BCUT2D eigenvalue weighted by Crippen LogP contribution is -2.63. The van der Waals surface area contributed by atoms with Gasteiger partial charge in [-0.3, -0.25) is 9.59 Å². The van der Waals surface area contributed by atoms with Crippen molar-refractivity contribution in [2.45, 2.75) is 39.2 Å². The number of amides is 2. The maximum atomic E-state index is 12.7. The highest BCUT2D eigenvalue weighted by atomic mass is 35.5. The molecular weight excluding hydrogens is 290 g/mol. The molecule has 5 nitrogen and oxygen atoms in total. The van der Waals surface area contributed by atoms with Crippen molar-refractivity contribution in [3.05, 3.63) is 28.5 Å². The Hall–Kier alpha value is -1.62. The van der Waals surface area contributed by atoms with Crippen LogP contribution < -0.4 is 5.32 Å².